The molecule has 0 N–H and O–H groups in total. The van der Waals surface area contributed by atoms with Gasteiger partial charge in [-0.05, 0) is 0 Å². The largest absolute Gasteiger partial charge is 5.00 e. The van der Waals surface area contributed by atoms with Gasteiger partial charge in [0.2, 0.25) is 0 Å². The van der Waals surface area contributed by atoms with E-state index in [2.05, 4.69) is 0 Å². The molecule has 0 aliphatic rings. The summed E-state index contributed by atoms with van der Waals surface area (Å²) in [7, 11) is -5.39. The van der Waals surface area contributed by atoms with Gasteiger partial charge in [0.25, 0.3) is 0 Å². The van der Waals surface area contributed by atoms with E-state index in [0.717, 1.165) is 0 Å². The Morgan fingerprint density at radius 2 is 1.10 bits per heavy atom. The third-order valence-corrected chi connectivity index (χ3v) is 0. The Hall–Kier alpha value is 2.93. The molecule has 4 nitrogen and oxygen atoms in total. The quantitative estimate of drug-likeness (QED) is 0.327. The smallest absolute Gasteiger partial charge is 0.822 e. The first kappa shape index (κ1) is 38.3. The van der Waals surface area contributed by atoms with E-state index in [1.807, 2.05) is 0 Å². The van der Waals surface area contributed by atoms with Crippen LogP contribution in [-0.2, 0) is 61.9 Å². The average molecular weight is 284 g/mol. The van der Waals surface area contributed by atoms with Crippen LogP contribution in [-0.4, -0.2) is 0 Å². The maximum absolute atomic E-state index is 8.55. The van der Waals surface area contributed by atoms with E-state index >= 15 is 0 Å². The molecule has 9 heteroatoms. The molecule has 0 amide bonds. The van der Waals surface area contributed by atoms with E-state index < -0.39 is 7.82 Å². The first-order chi connectivity index (χ1) is 2.00. The molecule has 0 rings (SSSR count). The fraction of sp³-hybridized carbons (Fsp3) is 0. The molecule has 0 bridgehead atoms. The molecule has 0 saturated heterocycles. The molecule has 0 saturated carbocycles. The summed E-state index contributed by atoms with van der Waals surface area (Å²) in [4.78, 5) is 25.6. The van der Waals surface area contributed by atoms with Crippen LogP contribution in [0.5, 0.6) is 0 Å². The summed E-state index contributed by atoms with van der Waals surface area (Å²) >= 11 is 0. The van der Waals surface area contributed by atoms with Crippen molar-refractivity contribution in [2.75, 3.05) is 0 Å². The summed E-state index contributed by atoms with van der Waals surface area (Å²) in [5.41, 5.74) is 0. The van der Waals surface area contributed by atoms with Gasteiger partial charge in [0.1, 0.15) is 0 Å². The Labute approximate surface area is 120 Å². The molecule has 0 heterocycles. The third kappa shape index (κ3) is 126. The minimum absolute atomic E-state index is 0. The van der Waals surface area contributed by atoms with Crippen LogP contribution in [0.2, 0.25) is 0 Å². The topological polar surface area (TPSA) is 86.2 Å². The van der Waals surface area contributed by atoms with Gasteiger partial charge in [-0.3, -0.25) is 0 Å². The first-order valence-corrected chi connectivity index (χ1v) is 2.19. The minimum Gasteiger partial charge on any atom is -0.822 e. The van der Waals surface area contributed by atoms with Crippen molar-refractivity contribution in [2.45, 2.75) is 0 Å². The second-order valence-electron chi connectivity index (χ2n) is 0.447. The summed E-state index contributed by atoms with van der Waals surface area (Å²) in [6, 6.07) is 0. The van der Waals surface area contributed by atoms with Gasteiger partial charge in [0.15, 0.2) is 0 Å². The van der Waals surface area contributed by atoms with Gasteiger partial charge in [0, 0.05) is 0 Å². The zero-order valence-electron chi connectivity index (χ0n) is 4.91. The molecular weight excluding hydrogens is 284 g/mol. The maximum atomic E-state index is 8.55. The third-order valence-electron chi connectivity index (χ3n) is 0. The van der Waals surface area contributed by atoms with E-state index in [4.69, 9.17) is 19.2 Å². The van der Waals surface area contributed by atoms with Gasteiger partial charge >= 0.3 is 94.3 Å². The SMILES string of the molecule is O=P([O-])([O-])[O-].[C+4].[Mn+2].[Na+].[Ti+4].[V+5]. The Bertz CT molecular complexity index is 71.4. The summed E-state index contributed by atoms with van der Waals surface area (Å²) in [6.45, 7) is 0. The van der Waals surface area contributed by atoms with Crippen molar-refractivity contribution in [2.24, 2.45) is 0 Å². The zero-order chi connectivity index (χ0) is 4.50. The molecule has 0 aromatic rings. The van der Waals surface area contributed by atoms with Crippen molar-refractivity contribution in [1.29, 1.82) is 0 Å². The summed E-state index contributed by atoms with van der Waals surface area (Å²) in [5.74, 6) is 0. The second kappa shape index (κ2) is 17.9. The van der Waals surface area contributed by atoms with Gasteiger partial charge in [-0.2, -0.15) is 7.82 Å². The number of hydrogen-bond donors (Lipinski definition) is 0. The molecule has 37 valence electrons. The van der Waals surface area contributed by atoms with E-state index in [-0.39, 0.29) is 94.3 Å². The molecule has 0 atom stereocenters. The van der Waals surface area contributed by atoms with Crippen LogP contribution in [0, 0.1) is 7.43 Å². The van der Waals surface area contributed by atoms with E-state index in [9.17, 15) is 0 Å². The van der Waals surface area contributed by atoms with Gasteiger partial charge in [0.05, 0.1) is 0 Å². The minimum atomic E-state index is -5.39. The van der Waals surface area contributed by atoms with Gasteiger partial charge in [-0.1, -0.05) is 0 Å². The zero-order valence-corrected chi connectivity index (χ0v) is 11.9. The van der Waals surface area contributed by atoms with Crippen molar-refractivity contribution in [3.8, 4) is 0 Å². The summed E-state index contributed by atoms with van der Waals surface area (Å²) < 4.78 is 8.55. The van der Waals surface area contributed by atoms with Crippen molar-refractivity contribution < 1.29 is 106 Å². The van der Waals surface area contributed by atoms with Crippen molar-refractivity contribution >= 4 is 7.82 Å². The molecule has 0 fully saturated rings. The molecule has 0 aromatic carbocycles. The Morgan fingerprint density at radius 3 is 1.10 bits per heavy atom. The Kier molecular flexibility index (Phi) is 68.5. The first-order valence-electron chi connectivity index (χ1n) is 0.730. The predicted molar refractivity (Wildman–Crippen MR) is 10.8 cm³/mol. The van der Waals surface area contributed by atoms with E-state index in [1.165, 1.54) is 0 Å². The molecule has 0 spiro atoms. The molecule has 1 radical (unpaired) electrons. The Morgan fingerprint density at radius 1 is 1.10 bits per heavy atom. The summed E-state index contributed by atoms with van der Waals surface area (Å²) in [5, 5.41) is 0. The molecule has 10 heavy (non-hydrogen) atoms. The number of phosphoric acid groups is 1. The van der Waals surface area contributed by atoms with E-state index in [1.54, 1.807) is 0 Å². The average Bonchev–Trinajstić information content (AvgIpc) is 0.722. The molecule has 0 unspecified atom stereocenters. The standard InChI is InChI=1S/C.Mn.Na.H3O4P.Ti.V/c;;;1-5(2,3)4;;/h;;;(H3,1,2,3,4);;/q+4;+2;+1;;+4;+5/p-3. The van der Waals surface area contributed by atoms with E-state index in [0.29, 0.717) is 0 Å². The van der Waals surface area contributed by atoms with Crippen molar-refractivity contribution in [1.82, 2.24) is 0 Å². The normalized spacial score (nSPS) is 5.90. The number of hydrogen-bond acceptors (Lipinski definition) is 4. The summed E-state index contributed by atoms with van der Waals surface area (Å²) in [6.07, 6.45) is 0. The monoisotopic (exact) mass is 284 g/mol. The van der Waals surface area contributed by atoms with Crippen LogP contribution in [0.3, 0.4) is 0 Å². The molecular formula is CMnNaO4PTiV+13. The van der Waals surface area contributed by atoms with Gasteiger partial charge in [-0.25, -0.2) is 0 Å². The van der Waals surface area contributed by atoms with Crippen LogP contribution in [0.25, 0.3) is 0 Å². The van der Waals surface area contributed by atoms with Gasteiger partial charge in [-0.15, -0.1) is 0 Å². The van der Waals surface area contributed by atoms with Crippen molar-refractivity contribution in [3.05, 3.63) is 7.43 Å². The Balaban J connectivity index is -0.00000000800. The van der Waals surface area contributed by atoms with Crippen molar-refractivity contribution in [3.63, 3.8) is 0 Å². The molecule has 0 aromatic heterocycles. The number of rotatable bonds is 0. The van der Waals surface area contributed by atoms with Crippen LogP contribution >= 0.6 is 7.82 Å². The second-order valence-corrected chi connectivity index (χ2v) is 1.34. The molecule has 0 aliphatic heterocycles. The van der Waals surface area contributed by atoms with Crippen LogP contribution < -0.4 is 44.2 Å². The fourth-order valence-corrected chi connectivity index (χ4v) is 0. The van der Waals surface area contributed by atoms with Crippen LogP contribution in [0.15, 0.2) is 0 Å². The predicted octanol–water partition coefficient (Wildman–Crippen LogP) is -5.75. The fourth-order valence-electron chi connectivity index (χ4n) is 0. The van der Waals surface area contributed by atoms with Crippen LogP contribution in [0.1, 0.15) is 0 Å². The van der Waals surface area contributed by atoms with Gasteiger partial charge < -0.3 is 19.2 Å². The van der Waals surface area contributed by atoms with Crippen LogP contribution in [0.4, 0.5) is 0 Å². The molecule has 0 aliphatic carbocycles. The maximum Gasteiger partial charge on any atom is 5.00 e.